The van der Waals surface area contributed by atoms with Crippen molar-refractivity contribution in [3.63, 3.8) is 0 Å². The standard InChI is InChI=1S/C13H16N4O4S/c18-12(7-16-9-22-8-13(16)19)15-6-5-14-10-1-3-11(4-2-10)17(20)21/h1-4,14H,5-9H2,(H,15,18). The summed E-state index contributed by atoms with van der Waals surface area (Å²) in [5.41, 5.74) is 0.776. The zero-order valence-electron chi connectivity index (χ0n) is 11.8. The molecule has 0 bridgehead atoms. The van der Waals surface area contributed by atoms with Crippen LogP contribution in [0.25, 0.3) is 0 Å². The molecular formula is C13H16N4O4S. The largest absolute Gasteiger partial charge is 0.383 e. The first-order valence-corrected chi connectivity index (χ1v) is 7.82. The Hall–Kier alpha value is -2.29. The van der Waals surface area contributed by atoms with Gasteiger partial charge in [-0.05, 0) is 12.1 Å². The fourth-order valence-corrected chi connectivity index (χ4v) is 2.78. The molecule has 118 valence electrons. The topological polar surface area (TPSA) is 105 Å². The first-order valence-electron chi connectivity index (χ1n) is 6.67. The van der Waals surface area contributed by atoms with E-state index in [4.69, 9.17) is 0 Å². The Morgan fingerprint density at radius 3 is 2.64 bits per heavy atom. The lowest BCUT2D eigenvalue weighted by molar-refractivity contribution is -0.384. The molecule has 8 nitrogen and oxygen atoms in total. The van der Waals surface area contributed by atoms with Gasteiger partial charge in [-0.25, -0.2) is 0 Å². The smallest absolute Gasteiger partial charge is 0.269 e. The van der Waals surface area contributed by atoms with Gasteiger partial charge in [-0.2, -0.15) is 0 Å². The molecule has 0 aromatic heterocycles. The highest BCUT2D eigenvalue weighted by molar-refractivity contribution is 8.00. The molecule has 0 saturated carbocycles. The number of nitro groups is 1. The Morgan fingerprint density at radius 1 is 1.32 bits per heavy atom. The highest BCUT2D eigenvalue weighted by atomic mass is 32.2. The van der Waals surface area contributed by atoms with Gasteiger partial charge in [0.2, 0.25) is 11.8 Å². The Kier molecular flexibility index (Phi) is 5.59. The van der Waals surface area contributed by atoms with Crippen LogP contribution in [0.2, 0.25) is 0 Å². The number of non-ortho nitro benzene ring substituents is 1. The van der Waals surface area contributed by atoms with Gasteiger partial charge in [-0.3, -0.25) is 19.7 Å². The first kappa shape index (κ1) is 16.1. The van der Waals surface area contributed by atoms with Crippen LogP contribution in [0.3, 0.4) is 0 Å². The molecule has 1 fully saturated rings. The minimum Gasteiger partial charge on any atom is -0.383 e. The highest BCUT2D eigenvalue weighted by Crippen LogP contribution is 2.15. The van der Waals surface area contributed by atoms with E-state index < -0.39 is 4.92 Å². The fraction of sp³-hybridized carbons (Fsp3) is 0.385. The quantitative estimate of drug-likeness (QED) is 0.434. The van der Waals surface area contributed by atoms with Crippen LogP contribution in [0.4, 0.5) is 11.4 Å². The summed E-state index contributed by atoms with van der Waals surface area (Å²) in [6.07, 6.45) is 0. The van der Waals surface area contributed by atoms with Gasteiger partial charge in [0.25, 0.3) is 5.69 Å². The molecule has 1 aromatic rings. The second-order valence-corrected chi connectivity index (χ2v) is 5.61. The van der Waals surface area contributed by atoms with E-state index >= 15 is 0 Å². The normalized spacial score (nSPS) is 14.0. The van der Waals surface area contributed by atoms with E-state index in [0.717, 1.165) is 5.69 Å². The third-order valence-corrected chi connectivity index (χ3v) is 3.96. The zero-order chi connectivity index (χ0) is 15.9. The van der Waals surface area contributed by atoms with Crippen LogP contribution in [-0.2, 0) is 9.59 Å². The van der Waals surface area contributed by atoms with Gasteiger partial charge in [-0.1, -0.05) is 0 Å². The molecule has 22 heavy (non-hydrogen) atoms. The molecule has 2 amide bonds. The maximum absolute atomic E-state index is 11.7. The van der Waals surface area contributed by atoms with E-state index in [1.807, 2.05) is 0 Å². The number of nitrogens with one attached hydrogen (secondary N) is 2. The predicted molar refractivity (Wildman–Crippen MR) is 83.6 cm³/mol. The van der Waals surface area contributed by atoms with Crippen LogP contribution in [0.1, 0.15) is 0 Å². The van der Waals surface area contributed by atoms with E-state index in [9.17, 15) is 19.7 Å². The number of thioether (sulfide) groups is 1. The summed E-state index contributed by atoms with van der Waals surface area (Å²) in [6.45, 7) is 0.987. The first-order chi connectivity index (χ1) is 10.6. The molecular weight excluding hydrogens is 308 g/mol. The number of hydrogen-bond donors (Lipinski definition) is 2. The van der Waals surface area contributed by atoms with Gasteiger partial charge in [0.15, 0.2) is 0 Å². The third kappa shape index (κ3) is 4.62. The van der Waals surface area contributed by atoms with Crippen molar-refractivity contribution in [2.75, 3.05) is 36.6 Å². The van der Waals surface area contributed by atoms with E-state index in [2.05, 4.69) is 10.6 Å². The molecule has 0 aliphatic carbocycles. The SMILES string of the molecule is O=C(CN1CSCC1=O)NCCNc1ccc([N+](=O)[O-])cc1. The molecule has 0 atom stereocenters. The van der Waals surface area contributed by atoms with Crippen LogP contribution in [0, 0.1) is 10.1 Å². The number of nitrogens with zero attached hydrogens (tertiary/aromatic N) is 2. The van der Waals surface area contributed by atoms with Crippen molar-refractivity contribution < 1.29 is 14.5 Å². The summed E-state index contributed by atoms with van der Waals surface area (Å²) in [4.78, 5) is 34.6. The average molecular weight is 324 g/mol. The van der Waals surface area contributed by atoms with E-state index in [0.29, 0.717) is 24.7 Å². The molecule has 1 aliphatic heterocycles. The number of carbonyl (C=O) groups is 2. The van der Waals surface area contributed by atoms with Crippen LogP contribution < -0.4 is 10.6 Å². The summed E-state index contributed by atoms with van der Waals surface area (Å²) in [5.74, 6) is 0.799. The minimum absolute atomic E-state index is 0.0100. The van der Waals surface area contributed by atoms with Crippen molar-refractivity contribution in [1.82, 2.24) is 10.2 Å². The molecule has 0 unspecified atom stereocenters. The monoisotopic (exact) mass is 324 g/mol. The summed E-state index contributed by atoms with van der Waals surface area (Å²) in [6, 6.07) is 6.05. The van der Waals surface area contributed by atoms with Gasteiger partial charge in [-0.15, -0.1) is 11.8 Å². The number of benzene rings is 1. The predicted octanol–water partition coefficient (Wildman–Crippen LogP) is 0.656. The summed E-state index contributed by atoms with van der Waals surface area (Å²) < 4.78 is 0. The third-order valence-electron chi connectivity index (χ3n) is 3.01. The van der Waals surface area contributed by atoms with Gasteiger partial charge in [0, 0.05) is 30.9 Å². The second kappa shape index (κ2) is 7.64. The molecule has 1 saturated heterocycles. The number of anilines is 1. The van der Waals surface area contributed by atoms with Gasteiger partial charge >= 0.3 is 0 Å². The molecule has 0 spiro atoms. The summed E-state index contributed by atoms with van der Waals surface area (Å²) in [7, 11) is 0. The number of rotatable bonds is 7. The van der Waals surface area contributed by atoms with E-state index in [1.54, 1.807) is 12.1 Å². The van der Waals surface area contributed by atoms with Crippen LogP contribution in [-0.4, -0.2) is 52.9 Å². The van der Waals surface area contributed by atoms with Crippen molar-refractivity contribution in [2.45, 2.75) is 0 Å². The van der Waals surface area contributed by atoms with Crippen LogP contribution >= 0.6 is 11.8 Å². The maximum Gasteiger partial charge on any atom is 0.269 e. The maximum atomic E-state index is 11.7. The second-order valence-electron chi connectivity index (χ2n) is 4.65. The van der Waals surface area contributed by atoms with Gasteiger partial charge in [0.1, 0.15) is 6.54 Å². The van der Waals surface area contributed by atoms with Gasteiger partial charge in [0.05, 0.1) is 16.6 Å². The lowest BCUT2D eigenvalue weighted by atomic mass is 10.3. The Morgan fingerprint density at radius 2 is 2.05 bits per heavy atom. The Bertz CT molecular complexity index is 564. The molecule has 1 aliphatic rings. The zero-order valence-corrected chi connectivity index (χ0v) is 12.6. The van der Waals surface area contributed by atoms with Crippen molar-refractivity contribution in [2.24, 2.45) is 0 Å². The van der Waals surface area contributed by atoms with Crippen molar-refractivity contribution in [1.29, 1.82) is 0 Å². The molecule has 1 aromatic carbocycles. The summed E-state index contributed by atoms with van der Waals surface area (Å²) >= 11 is 1.50. The van der Waals surface area contributed by atoms with E-state index in [-0.39, 0.29) is 24.0 Å². The number of hydrogen-bond acceptors (Lipinski definition) is 6. The fourth-order valence-electron chi connectivity index (χ4n) is 1.88. The van der Waals surface area contributed by atoms with Crippen molar-refractivity contribution in [3.8, 4) is 0 Å². The average Bonchev–Trinajstić information content (AvgIpc) is 2.89. The van der Waals surface area contributed by atoms with Crippen molar-refractivity contribution in [3.05, 3.63) is 34.4 Å². The lowest BCUT2D eigenvalue weighted by Gasteiger charge is -2.14. The van der Waals surface area contributed by atoms with E-state index in [1.165, 1.54) is 28.8 Å². The number of carbonyl (C=O) groups excluding carboxylic acids is 2. The summed E-state index contributed by atoms with van der Waals surface area (Å²) in [5, 5.41) is 16.3. The number of amides is 2. The molecule has 1 heterocycles. The van der Waals surface area contributed by atoms with Gasteiger partial charge < -0.3 is 15.5 Å². The number of nitro benzene ring substituents is 1. The lowest BCUT2D eigenvalue weighted by Crippen LogP contribution is -2.39. The molecule has 9 heteroatoms. The molecule has 2 rings (SSSR count). The minimum atomic E-state index is -0.456. The van der Waals surface area contributed by atoms with Crippen LogP contribution in [0.5, 0.6) is 0 Å². The Labute approximate surface area is 131 Å². The van der Waals surface area contributed by atoms with Crippen molar-refractivity contribution >= 4 is 35.0 Å². The highest BCUT2D eigenvalue weighted by Gasteiger charge is 2.22. The Balaban J connectivity index is 1.65. The molecule has 0 radical (unpaired) electrons. The molecule has 2 N–H and O–H groups in total. The van der Waals surface area contributed by atoms with Crippen LogP contribution in [0.15, 0.2) is 24.3 Å².